The van der Waals surface area contributed by atoms with Crippen LogP contribution >= 0.6 is 0 Å². The summed E-state index contributed by atoms with van der Waals surface area (Å²) in [7, 11) is 1.94. The zero-order valence-corrected chi connectivity index (χ0v) is 12.2. The summed E-state index contributed by atoms with van der Waals surface area (Å²) in [5.74, 6) is -0.987. The standard InChI is InChI=1S/C11H13NO2.K/c1-12-7-8-4-2-3-5-9(8)10(12)6-11(13)14;/h2-5,10H,6-7H2,1H3,(H,13,14);/q;+1/p-1. The van der Waals surface area contributed by atoms with Crippen LogP contribution in [-0.2, 0) is 11.3 Å². The molecule has 4 heteroatoms. The zero-order chi connectivity index (χ0) is 10.1. The molecule has 1 heterocycles. The van der Waals surface area contributed by atoms with Gasteiger partial charge in [-0.15, -0.1) is 0 Å². The molecule has 2 rings (SSSR count). The Balaban J connectivity index is 0.00000112. The number of carboxylic acids is 1. The van der Waals surface area contributed by atoms with E-state index in [-0.39, 0.29) is 63.8 Å². The number of carbonyl (C=O) groups excluding carboxylic acids is 1. The van der Waals surface area contributed by atoms with E-state index < -0.39 is 5.97 Å². The molecule has 1 unspecified atom stereocenters. The van der Waals surface area contributed by atoms with Crippen molar-refractivity contribution in [2.75, 3.05) is 7.05 Å². The SMILES string of the molecule is CN1Cc2ccccc2C1CC(=O)[O-].[K+]. The molecule has 0 N–H and O–H groups in total. The van der Waals surface area contributed by atoms with Crippen molar-refractivity contribution < 1.29 is 61.3 Å². The number of rotatable bonds is 2. The Morgan fingerprint density at radius 3 is 2.87 bits per heavy atom. The van der Waals surface area contributed by atoms with E-state index in [1.54, 1.807) is 0 Å². The summed E-state index contributed by atoms with van der Waals surface area (Å²) < 4.78 is 0. The van der Waals surface area contributed by atoms with Gasteiger partial charge in [-0.2, -0.15) is 0 Å². The Hall–Kier alpha value is 0.286. The second-order valence-corrected chi connectivity index (χ2v) is 3.71. The van der Waals surface area contributed by atoms with Crippen LogP contribution in [0, 0.1) is 0 Å². The molecular formula is C11H12KNO2. The van der Waals surface area contributed by atoms with Gasteiger partial charge in [0.1, 0.15) is 0 Å². The normalized spacial score (nSPS) is 19.4. The summed E-state index contributed by atoms with van der Waals surface area (Å²) in [5.41, 5.74) is 2.35. The van der Waals surface area contributed by atoms with Crippen molar-refractivity contribution in [3.63, 3.8) is 0 Å². The molecule has 0 fully saturated rings. The maximum absolute atomic E-state index is 10.6. The van der Waals surface area contributed by atoms with Crippen molar-refractivity contribution in [2.45, 2.75) is 19.0 Å². The minimum absolute atomic E-state index is 0. The fourth-order valence-corrected chi connectivity index (χ4v) is 2.04. The van der Waals surface area contributed by atoms with Crippen LogP contribution in [-0.4, -0.2) is 17.9 Å². The number of carboxylic acid groups (broad SMARTS) is 1. The molecule has 74 valence electrons. The molecule has 3 nitrogen and oxygen atoms in total. The van der Waals surface area contributed by atoms with Crippen LogP contribution in [0.15, 0.2) is 24.3 Å². The van der Waals surface area contributed by atoms with E-state index in [1.807, 2.05) is 36.2 Å². The summed E-state index contributed by atoms with van der Waals surface area (Å²) in [5, 5.41) is 10.6. The van der Waals surface area contributed by atoms with Crippen molar-refractivity contribution in [3.8, 4) is 0 Å². The average molecular weight is 229 g/mol. The summed E-state index contributed by atoms with van der Waals surface area (Å²) in [4.78, 5) is 12.6. The molecule has 15 heavy (non-hydrogen) atoms. The number of aliphatic carboxylic acids is 1. The number of carbonyl (C=O) groups is 1. The summed E-state index contributed by atoms with van der Waals surface area (Å²) in [6.45, 7) is 0.828. The maximum atomic E-state index is 10.6. The minimum atomic E-state index is -0.987. The topological polar surface area (TPSA) is 43.4 Å². The third-order valence-electron chi connectivity index (χ3n) is 2.73. The van der Waals surface area contributed by atoms with E-state index in [0.29, 0.717) is 0 Å². The number of nitrogens with zero attached hydrogens (tertiary/aromatic N) is 1. The first-order chi connectivity index (χ1) is 6.68. The van der Waals surface area contributed by atoms with Gasteiger partial charge in [-0.3, -0.25) is 4.90 Å². The fourth-order valence-electron chi connectivity index (χ4n) is 2.04. The van der Waals surface area contributed by atoms with E-state index in [1.165, 1.54) is 5.56 Å². The van der Waals surface area contributed by atoms with Gasteiger partial charge >= 0.3 is 51.4 Å². The van der Waals surface area contributed by atoms with Gasteiger partial charge in [0.15, 0.2) is 0 Å². The molecule has 1 aliphatic heterocycles. The van der Waals surface area contributed by atoms with Gasteiger partial charge in [-0.25, -0.2) is 0 Å². The average Bonchev–Trinajstić information content (AvgIpc) is 2.43. The van der Waals surface area contributed by atoms with E-state index in [4.69, 9.17) is 0 Å². The van der Waals surface area contributed by atoms with Gasteiger partial charge in [-0.05, 0) is 18.2 Å². The third kappa shape index (κ3) is 2.90. The van der Waals surface area contributed by atoms with Crippen LogP contribution in [0.2, 0.25) is 0 Å². The molecule has 0 spiro atoms. The van der Waals surface area contributed by atoms with Gasteiger partial charge in [0.2, 0.25) is 0 Å². The number of hydrogen-bond donors (Lipinski definition) is 0. The van der Waals surface area contributed by atoms with Crippen molar-refractivity contribution in [3.05, 3.63) is 35.4 Å². The van der Waals surface area contributed by atoms with Gasteiger partial charge in [0.25, 0.3) is 0 Å². The maximum Gasteiger partial charge on any atom is 1.00 e. The van der Waals surface area contributed by atoms with Crippen LogP contribution in [0.25, 0.3) is 0 Å². The van der Waals surface area contributed by atoms with Crippen LogP contribution in [0.4, 0.5) is 0 Å². The molecule has 1 aliphatic rings. The smallest absolute Gasteiger partial charge is 0.550 e. The van der Waals surface area contributed by atoms with E-state index >= 15 is 0 Å². The van der Waals surface area contributed by atoms with Crippen LogP contribution in [0.3, 0.4) is 0 Å². The largest absolute Gasteiger partial charge is 1.00 e. The Labute approximate surface area is 132 Å². The van der Waals surface area contributed by atoms with Gasteiger partial charge in [0.05, 0.1) is 0 Å². The van der Waals surface area contributed by atoms with E-state index in [0.717, 1.165) is 12.1 Å². The molecule has 0 radical (unpaired) electrons. The predicted octanol–water partition coefficient (Wildman–Crippen LogP) is -2.68. The molecule has 1 atom stereocenters. The molecule has 1 aromatic rings. The molecule has 0 amide bonds. The Bertz CT molecular complexity index is 367. The fraction of sp³-hybridized carbons (Fsp3) is 0.364. The van der Waals surface area contributed by atoms with Gasteiger partial charge in [-0.1, -0.05) is 24.3 Å². The van der Waals surface area contributed by atoms with Crippen LogP contribution in [0.5, 0.6) is 0 Å². The van der Waals surface area contributed by atoms with Crippen molar-refractivity contribution in [1.29, 1.82) is 0 Å². The van der Waals surface area contributed by atoms with Gasteiger partial charge in [0, 0.05) is 25.0 Å². The van der Waals surface area contributed by atoms with Crippen LogP contribution < -0.4 is 56.5 Å². The monoisotopic (exact) mass is 229 g/mol. The first-order valence-electron chi connectivity index (χ1n) is 4.66. The second-order valence-electron chi connectivity index (χ2n) is 3.71. The number of hydrogen-bond acceptors (Lipinski definition) is 3. The van der Waals surface area contributed by atoms with E-state index in [9.17, 15) is 9.90 Å². The Kier molecular flexibility index (Phi) is 4.95. The minimum Gasteiger partial charge on any atom is -0.550 e. The van der Waals surface area contributed by atoms with Crippen molar-refractivity contribution >= 4 is 5.97 Å². The van der Waals surface area contributed by atoms with E-state index in [2.05, 4.69) is 0 Å². The third-order valence-corrected chi connectivity index (χ3v) is 2.73. The molecule has 0 aliphatic carbocycles. The quantitative estimate of drug-likeness (QED) is 0.519. The number of fused-ring (bicyclic) bond motifs is 1. The molecule has 0 bridgehead atoms. The zero-order valence-electron chi connectivity index (χ0n) is 9.06. The first-order valence-corrected chi connectivity index (χ1v) is 4.66. The summed E-state index contributed by atoms with van der Waals surface area (Å²) >= 11 is 0. The summed E-state index contributed by atoms with van der Waals surface area (Å²) in [6, 6.07) is 7.94. The Morgan fingerprint density at radius 2 is 2.20 bits per heavy atom. The van der Waals surface area contributed by atoms with Crippen molar-refractivity contribution in [2.24, 2.45) is 0 Å². The molecule has 0 saturated heterocycles. The molecular weight excluding hydrogens is 217 g/mol. The predicted molar refractivity (Wildman–Crippen MR) is 50.3 cm³/mol. The van der Waals surface area contributed by atoms with Crippen LogP contribution in [0.1, 0.15) is 23.6 Å². The first kappa shape index (κ1) is 13.4. The molecule has 1 aromatic carbocycles. The second kappa shape index (κ2) is 5.57. The van der Waals surface area contributed by atoms with Gasteiger partial charge < -0.3 is 9.90 Å². The number of benzene rings is 1. The Morgan fingerprint density at radius 1 is 1.53 bits per heavy atom. The summed E-state index contributed by atoms with van der Waals surface area (Å²) in [6.07, 6.45) is 0.0769. The molecule has 0 aromatic heterocycles. The molecule has 0 saturated carbocycles. The van der Waals surface area contributed by atoms with Crippen molar-refractivity contribution in [1.82, 2.24) is 4.90 Å².